The van der Waals surface area contributed by atoms with Crippen molar-refractivity contribution in [1.29, 1.82) is 5.26 Å². The molecule has 0 fully saturated rings. The summed E-state index contributed by atoms with van der Waals surface area (Å²) in [6.45, 7) is -0.0474. The Labute approximate surface area is 121 Å². The van der Waals surface area contributed by atoms with Gasteiger partial charge in [-0.1, -0.05) is 12.1 Å². The zero-order chi connectivity index (χ0) is 14.9. The molecule has 6 nitrogen and oxygen atoms in total. The highest BCUT2D eigenvalue weighted by Crippen LogP contribution is 2.15. The Hall–Kier alpha value is -3.20. The summed E-state index contributed by atoms with van der Waals surface area (Å²) in [5, 5.41) is 12.4. The third kappa shape index (κ3) is 4.14. The van der Waals surface area contributed by atoms with Crippen LogP contribution >= 0.6 is 0 Å². The SMILES string of the molecule is N#CCOc1ccccc1/C=N/NC(=O)c1ccncc1. The van der Waals surface area contributed by atoms with Crippen molar-refractivity contribution in [2.75, 3.05) is 6.61 Å². The lowest BCUT2D eigenvalue weighted by atomic mass is 10.2. The van der Waals surface area contributed by atoms with E-state index in [9.17, 15) is 4.79 Å². The maximum Gasteiger partial charge on any atom is 0.271 e. The lowest BCUT2D eigenvalue weighted by Crippen LogP contribution is -2.17. The molecule has 104 valence electrons. The fourth-order valence-corrected chi connectivity index (χ4v) is 1.56. The summed E-state index contributed by atoms with van der Waals surface area (Å²) in [6.07, 6.45) is 4.53. The number of amides is 1. The van der Waals surface area contributed by atoms with E-state index in [1.165, 1.54) is 18.6 Å². The average molecular weight is 280 g/mol. The minimum Gasteiger partial charge on any atom is -0.478 e. The van der Waals surface area contributed by atoms with Crippen molar-refractivity contribution in [3.05, 3.63) is 59.9 Å². The number of rotatable bonds is 5. The molecule has 2 aromatic rings. The van der Waals surface area contributed by atoms with Crippen LogP contribution in [0.3, 0.4) is 0 Å². The van der Waals surface area contributed by atoms with Crippen LogP contribution in [0, 0.1) is 11.3 Å². The van der Waals surface area contributed by atoms with Gasteiger partial charge >= 0.3 is 0 Å². The molecule has 1 aromatic heterocycles. The summed E-state index contributed by atoms with van der Waals surface area (Å²) in [5.41, 5.74) is 3.55. The Bertz CT molecular complexity index is 678. The number of hydrazone groups is 1. The highest BCUT2D eigenvalue weighted by Gasteiger charge is 2.03. The first kappa shape index (κ1) is 14.2. The minimum atomic E-state index is -0.330. The molecule has 21 heavy (non-hydrogen) atoms. The Kier molecular flexibility index (Phi) is 5.01. The van der Waals surface area contributed by atoms with Gasteiger partial charge in [0.2, 0.25) is 0 Å². The van der Waals surface area contributed by atoms with Crippen molar-refractivity contribution in [2.24, 2.45) is 5.10 Å². The monoisotopic (exact) mass is 280 g/mol. The number of aromatic nitrogens is 1. The number of pyridine rings is 1. The van der Waals surface area contributed by atoms with E-state index >= 15 is 0 Å². The zero-order valence-electron chi connectivity index (χ0n) is 11.1. The lowest BCUT2D eigenvalue weighted by Gasteiger charge is -2.04. The molecule has 0 aliphatic rings. The second-order valence-corrected chi connectivity index (χ2v) is 3.92. The van der Waals surface area contributed by atoms with Gasteiger partial charge in [-0.05, 0) is 24.3 Å². The normalized spacial score (nSPS) is 10.0. The molecule has 0 spiro atoms. The van der Waals surface area contributed by atoms with E-state index < -0.39 is 0 Å². The van der Waals surface area contributed by atoms with Gasteiger partial charge in [0.15, 0.2) is 6.61 Å². The van der Waals surface area contributed by atoms with Crippen molar-refractivity contribution in [2.45, 2.75) is 0 Å². The molecule has 0 atom stereocenters. The maximum absolute atomic E-state index is 11.8. The molecule has 1 N–H and O–H groups in total. The fourth-order valence-electron chi connectivity index (χ4n) is 1.56. The molecule has 0 aliphatic heterocycles. The number of nitrogens with one attached hydrogen (secondary N) is 1. The molecule has 1 heterocycles. The highest BCUT2D eigenvalue weighted by molar-refractivity contribution is 5.94. The average Bonchev–Trinajstić information content (AvgIpc) is 2.54. The van der Waals surface area contributed by atoms with Gasteiger partial charge in [-0.3, -0.25) is 9.78 Å². The van der Waals surface area contributed by atoms with Crippen molar-refractivity contribution in [1.82, 2.24) is 10.4 Å². The summed E-state index contributed by atoms with van der Waals surface area (Å²) < 4.78 is 5.26. The topological polar surface area (TPSA) is 87.4 Å². The first-order valence-electron chi connectivity index (χ1n) is 6.13. The van der Waals surface area contributed by atoms with E-state index in [4.69, 9.17) is 10.00 Å². The fraction of sp³-hybridized carbons (Fsp3) is 0.0667. The van der Waals surface area contributed by atoms with Crippen molar-refractivity contribution < 1.29 is 9.53 Å². The number of carbonyl (C=O) groups is 1. The molecule has 0 radical (unpaired) electrons. The predicted molar refractivity (Wildman–Crippen MR) is 76.8 cm³/mol. The van der Waals surface area contributed by atoms with Crippen LogP contribution in [0.2, 0.25) is 0 Å². The van der Waals surface area contributed by atoms with Crippen LogP contribution in [-0.2, 0) is 0 Å². The molecule has 0 saturated heterocycles. The summed E-state index contributed by atoms with van der Waals surface area (Å²) in [6, 6.07) is 12.2. The van der Waals surface area contributed by atoms with Crippen LogP contribution in [0.15, 0.2) is 53.9 Å². The smallest absolute Gasteiger partial charge is 0.271 e. The van der Waals surface area contributed by atoms with E-state index in [0.29, 0.717) is 16.9 Å². The zero-order valence-corrected chi connectivity index (χ0v) is 11.1. The third-order valence-corrected chi connectivity index (χ3v) is 2.52. The van der Waals surface area contributed by atoms with Crippen molar-refractivity contribution in [3.63, 3.8) is 0 Å². The first-order chi connectivity index (χ1) is 10.3. The molecule has 0 saturated carbocycles. The Morgan fingerprint density at radius 1 is 1.33 bits per heavy atom. The molecular formula is C15H12N4O2. The number of para-hydroxylation sites is 1. The van der Waals surface area contributed by atoms with Gasteiger partial charge in [0.05, 0.1) is 6.21 Å². The van der Waals surface area contributed by atoms with Gasteiger partial charge in [0, 0.05) is 23.5 Å². The Balaban J connectivity index is 2.02. The quantitative estimate of drug-likeness (QED) is 0.667. The van der Waals surface area contributed by atoms with Gasteiger partial charge in [0.25, 0.3) is 5.91 Å². The van der Waals surface area contributed by atoms with Gasteiger partial charge in [-0.25, -0.2) is 5.43 Å². The predicted octanol–water partition coefficient (Wildman–Crippen LogP) is 1.75. The Morgan fingerprint density at radius 3 is 2.86 bits per heavy atom. The van der Waals surface area contributed by atoms with Gasteiger partial charge in [-0.15, -0.1) is 0 Å². The highest BCUT2D eigenvalue weighted by atomic mass is 16.5. The van der Waals surface area contributed by atoms with Crippen LogP contribution in [0.1, 0.15) is 15.9 Å². The number of ether oxygens (including phenoxy) is 1. The molecule has 0 bridgehead atoms. The first-order valence-corrected chi connectivity index (χ1v) is 6.13. The number of benzene rings is 1. The summed E-state index contributed by atoms with van der Waals surface area (Å²) in [7, 11) is 0. The van der Waals surface area contributed by atoms with E-state index in [0.717, 1.165) is 0 Å². The van der Waals surface area contributed by atoms with Gasteiger partial charge in [0.1, 0.15) is 11.8 Å². The molecule has 6 heteroatoms. The van der Waals surface area contributed by atoms with E-state index in [-0.39, 0.29) is 12.5 Å². The number of carbonyl (C=O) groups excluding carboxylic acids is 1. The largest absolute Gasteiger partial charge is 0.478 e. The molecule has 1 amide bonds. The maximum atomic E-state index is 11.8. The van der Waals surface area contributed by atoms with E-state index in [2.05, 4.69) is 15.5 Å². The molecule has 0 unspecified atom stereocenters. The Morgan fingerprint density at radius 2 is 2.10 bits per heavy atom. The molecule has 2 rings (SSSR count). The van der Waals surface area contributed by atoms with Crippen LogP contribution in [0.25, 0.3) is 0 Å². The number of nitriles is 1. The number of hydrogen-bond donors (Lipinski definition) is 1. The summed E-state index contributed by atoms with van der Waals surface area (Å²) >= 11 is 0. The molecular weight excluding hydrogens is 268 g/mol. The molecule has 1 aromatic carbocycles. The van der Waals surface area contributed by atoms with Crippen molar-refractivity contribution in [3.8, 4) is 11.8 Å². The number of nitrogens with zero attached hydrogens (tertiary/aromatic N) is 3. The van der Waals surface area contributed by atoms with Crippen LogP contribution in [0.5, 0.6) is 5.75 Å². The van der Waals surface area contributed by atoms with Gasteiger partial charge in [-0.2, -0.15) is 10.4 Å². The standard InChI is InChI=1S/C15H12N4O2/c16-7-10-21-14-4-2-1-3-13(14)11-18-19-15(20)12-5-8-17-9-6-12/h1-6,8-9,11H,10H2,(H,19,20)/b18-11+. The van der Waals surface area contributed by atoms with Gasteiger partial charge < -0.3 is 4.74 Å². The van der Waals surface area contributed by atoms with Crippen LogP contribution in [-0.4, -0.2) is 23.7 Å². The minimum absolute atomic E-state index is 0.0474. The summed E-state index contributed by atoms with van der Waals surface area (Å²) in [5.74, 6) is 0.199. The second-order valence-electron chi connectivity index (χ2n) is 3.92. The number of hydrogen-bond acceptors (Lipinski definition) is 5. The molecule has 0 aliphatic carbocycles. The lowest BCUT2D eigenvalue weighted by molar-refractivity contribution is 0.0955. The van der Waals surface area contributed by atoms with Crippen LogP contribution in [0.4, 0.5) is 0 Å². The van der Waals surface area contributed by atoms with Crippen LogP contribution < -0.4 is 10.2 Å². The van der Waals surface area contributed by atoms with E-state index in [1.54, 1.807) is 30.3 Å². The third-order valence-electron chi connectivity index (χ3n) is 2.52. The summed E-state index contributed by atoms with van der Waals surface area (Å²) in [4.78, 5) is 15.6. The van der Waals surface area contributed by atoms with Crippen molar-refractivity contribution >= 4 is 12.1 Å². The second kappa shape index (κ2) is 7.40. The van der Waals surface area contributed by atoms with E-state index in [1.807, 2.05) is 12.1 Å².